The molecule has 0 aliphatic carbocycles. The van der Waals surface area contributed by atoms with Crippen LogP contribution in [0.3, 0.4) is 0 Å². The van der Waals surface area contributed by atoms with Gasteiger partial charge in [0, 0.05) is 5.92 Å². The third kappa shape index (κ3) is 3.21. The molecule has 1 aliphatic heterocycles. The Morgan fingerprint density at radius 1 is 1.25 bits per heavy atom. The van der Waals surface area contributed by atoms with Gasteiger partial charge >= 0.3 is 0 Å². The summed E-state index contributed by atoms with van der Waals surface area (Å²) in [5.74, 6) is 1.50. The van der Waals surface area contributed by atoms with Gasteiger partial charge in [-0.2, -0.15) is 0 Å². The first-order chi connectivity index (χ1) is 9.72. The van der Waals surface area contributed by atoms with E-state index in [4.69, 9.17) is 4.98 Å². The maximum absolute atomic E-state index is 4.84. The molecule has 2 heterocycles. The Kier molecular flexibility index (Phi) is 4.37. The molecule has 1 aromatic heterocycles. The number of aromatic nitrogens is 1. The number of likely N-dealkylation sites (tertiary alicyclic amines) is 1. The molecule has 0 N–H and O–H groups in total. The summed E-state index contributed by atoms with van der Waals surface area (Å²) in [7, 11) is 0. The van der Waals surface area contributed by atoms with Gasteiger partial charge in [0.2, 0.25) is 0 Å². The van der Waals surface area contributed by atoms with Gasteiger partial charge in [-0.05, 0) is 56.9 Å². The van der Waals surface area contributed by atoms with Crippen LogP contribution < -0.4 is 0 Å². The summed E-state index contributed by atoms with van der Waals surface area (Å²) < 4.78 is 1.34. The first-order valence-corrected chi connectivity index (χ1v) is 8.62. The van der Waals surface area contributed by atoms with E-state index < -0.39 is 0 Å². The van der Waals surface area contributed by atoms with Crippen molar-refractivity contribution in [1.29, 1.82) is 0 Å². The second-order valence-electron chi connectivity index (χ2n) is 6.32. The minimum Gasteiger partial charge on any atom is -0.303 e. The predicted octanol–water partition coefficient (Wildman–Crippen LogP) is 4.52. The molecule has 1 aliphatic rings. The van der Waals surface area contributed by atoms with Crippen LogP contribution in [0.2, 0.25) is 0 Å². The number of para-hydroxylation sites is 1. The van der Waals surface area contributed by atoms with E-state index in [0.29, 0.717) is 5.92 Å². The lowest BCUT2D eigenvalue weighted by molar-refractivity contribution is 0.202. The topological polar surface area (TPSA) is 16.1 Å². The van der Waals surface area contributed by atoms with Crippen LogP contribution in [-0.2, 0) is 0 Å². The summed E-state index contributed by atoms with van der Waals surface area (Å²) in [5, 5.41) is 1.36. The summed E-state index contributed by atoms with van der Waals surface area (Å²) in [5.41, 5.74) is 1.18. The lowest BCUT2D eigenvalue weighted by Gasteiger charge is -2.31. The Bertz CT molecular complexity index is 520. The molecule has 20 heavy (non-hydrogen) atoms. The molecule has 1 saturated heterocycles. The van der Waals surface area contributed by atoms with Gasteiger partial charge in [-0.3, -0.25) is 0 Å². The smallest absolute Gasteiger partial charge is 0.0970 e. The monoisotopic (exact) mass is 288 g/mol. The van der Waals surface area contributed by atoms with Crippen molar-refractivity contribution in [1.82, 2.24) is 9.88 Å². The van der Waals surface area contributed by atoms with E-state index in [2.05, 4.69) is 43.0 Å². The highest BCUT2D eigenvalue weighted by Gasteiger charge is 2.23. The fourth-order valence-corrected chi connectivity index (χ4v) is 4.05. The van der Waals surface area contributed by atoms with Crippen molar-refractivity contribution in [2.45, 2.75) is 39.0 Å². The molecule has 108 valence electrons. The number of fused-ring (bicyclic) bond motifs is 1. The van der Waals surface area contributed by atoms with Crippen molar-refractivity contribution in [3.63, 3.8) is 0 Å². The molecule has 0 unspecified atom stereocenters. The van der Waals surface area contributed by atoms with Crippen LogP contribution in [0.5, 0.6) is 0 Å². The van der Waals surface area contributed by atoms with Crippen molar-refractivity contribution in [2.75, 3.05) is 19.6 Å². The molecule has 3 rings (SSSR count). The second kappa shape index (κ2) is 6.23. The van der Waals surface area contributed by atoms with Crippen molar-refractivity contribution in [3.8, 4) is 0 Å². The average Bonchev–Trinajstić information content (AvgIpc) is 2.89. The molecular formula is C17H24N2S. The Balaban J connectivity index is 1.60. The molecule has 0 spiro atoms. The van der Waals surface area contributed by atoms with Crippen molar-refractivity contribution < 1.29 is 0 Å². The maximum Gasteiger partial charge on any atom is 0.0970 e. The van der Waals surface area contributed by atoms with Gasteiger partial charge in [-0.25, -0.2) is 4.98 Å². The third-order valence-electron chi connectivity index (χ3n) is 4.27. The SMILES string of the molecule is CC(C)CCN1CCC(c2nc3ccccc3s2)CC1. The molecular weight excluding hydrogens is 264 g/mol. The van der Waals surface area contributed by atoms with Crippen LogP contribution in [0, 0.1) is 5.92 Å². The Morgan fingerprint density at radius 3 is 2.70 bits per heavy atom. The molecule has 0 amide bonds. The van der Waals surface area contributed by atoms with Crippen LogP contribution >= 0.6 is 11.3 Å². The zero-order valence-corrected chi connectivity index (χ0v) is 13.3. The number of hydrogen-bond acceptors (Lipinski definition) is 3. The van der Waals surface area contributed by atoms with E-state index in [0.717, 1.165) is 5.92 Å². The Labute approximate surface area is 125 Å². The van der Waals surface area contributed by atoms with E-state index in [1.165, 1.54) is 54.1 Å². The molecule has 3 heteroatoms. The normalized spacial score (nSPS) is 18.1. The summed E-state index contributed by atoms with van der Waals surface area (Å²) in [4.78, 5) is 7.46. The first kappa shape index (κ1) is 14.0. The van der Waals surface area contributed by atoms with Crippen molar-refractivity contribution in [3.05, 3.63) is 29.3 Å². The molecule has 0 bridgehead atoms. The molecule has 0 radical (unpaired) electrons. The zero-order valence-electron chi connectivity index (χ0n) is 12.5. The van der Waals surface area contributed by atoms with Gasteiger partial charge in [-0.1, -0.05) is 26.0 Å². The summed E-state index contributed by atoms with van der Waals surface area (Å²) >= 11 is 1.89. The van der Waals surface area contributed by atoms with E-state index in [1.807, 2.05) is 11.3 Å². The molecule has 1 fully saturated rings. The van der Waals surface area contributed by atoms with Crippen molar-refractivity contribution in [2.24, 2.45) is 5.92 Å². The highest BCUT2D eigenvalue weighted by molar-refractivity contribution is 7.18. The van der Waals surface area contributed by atoms with E-state index in [1.54, 1.807) is 0 Å². The highest BCUT2D eigenvalue weighted by atomic mass is 32.1. The van der Waals surface area contributed by atoms with Gasteiger partial charge in [0.1, 0.15) is 0 Å². The first-order valence-electron chi connectivity index (χ1n) is 7.80. The fraction of sp³-hybridized carbons (Fsp3) is 0.588. The van der Waals surface area contributed by atoms with Gasteiger partial charge in [0.15, 0.2) is 0 Å². The summed E-state index contributed by atoms with van der Waals surface area (Å²) in [6, 6.07) is 8.51. The highest BCUT2D eigenvalue weighted by Crippen LogP contribution is 2.33. The average molecular weight is 288 g/mol. The number of thiazole rings is 1. The lowest BCUT2D eigenvalue weighted by atomic mass is 9.97. The fourth-order valence-electron chi connectivity index (χ4n) is 2.91. The molecule has 2 nitrogen and oxygen atoms in total. The Hall–Kier alpha value is -0.930. The van der Waals surface area contributed by atoms with Crippen molar-refractivity contribution >= 4 is 21.6 Å². The van der Waals surface area contributed by atoms with Crippen LogP contribution in [0.15, 0.2) is 24.3 Å². The predicted molar refractivity (Wildman–Crippen MR) is 87.5 cm³/mol. The van der Waals surface area contributed by atoms with E-state index in [-0.39, 0.29) is 0 Å². The number of hydrogen-bond donors (Lipinski definition) is 0. The standard InChI is InChI=1S/C17H24N2S/c1-13(2)7-10-19-11-8-14(9-12-19)17-18-15-5-3-4-6-16(15)20-17/h3-6,13-14H,7-12H2,1-2H3. The summed E-state index contributed by atoms with van der Waals surface area (Å²) in [6.07, 6.45) is 3.88. The number of benzene rings is 1. The second-order valence-corrected chi connectivity index (χ2v) is 7.38. The van der Waals surface area contributed by atoms with Gasteiger partial charge in [0.25, 0.3) is 0 Å². The maximum atomic E-state index is 4.84. The van der Waals surface area contributed by atoms with Gasteiger partial charge in [0.05, 0.1) is 15.2 Å². The van der Waals surface area contributed by atoms with Crippen LogP contribution in [-0.4, -0.2) is 29.5 Å². The number of rotatable bonds is 4. The van der Waals surface area contributed by atoms with E-state index >= 15 is 0 Å². The Morgan fingerprint density at radius 2 is 2.00 bits per heavy atom. The number of piperidine rings is 1. The zero-order chi connectivity index (χ0) is 13.9. The molecule has 0 atom stereocenters. The molecule has 1 aromatic carbocycles. The third-order valence-corrected chi connectivity index (χ3v) is 5.47. The van der Waals surface area contributed by atoms with Gasteiger partial charge < -0.3 is 4.90 Å². The summed E-state index contributed by atoms with van der Waals surface area (Å²) in [6.45, 7) is 8.38. The number of nitrogens with zero attached hydrogens (tertiary/aromatic N) is 2. The van der Waals surface area contributed by atoms with Gasteiger partial charge in [-0.15, -0.1) is 11.3 Å². The molecule has 2 aromatic rings. The minimum absolute atomic E-state index is 0.683. The molecule has 0 saturated carbocycles. The van der Waals surface area contributed by atoms with Crippen LogP contribution in [0.1, 0.15) is 44.0 Å². The van der Waals surface area contributed by atoms with Crippen LogP contribution in [0.25, 0.3) is 10.2 Å². The largest absolute Gasteiger partial charge is 0.303 e. The minimum atomic E-state index is 0.683. The van der Waals surface area contributed by atoms with Crippen LogP contribution in [0.4, 0.5) is 0 Å². The lowest BCUT2D eigenvalue weighted by Crippen LogP contribution is -2.34. The quantitative estimate of drug-likeness (QED) is 0.822. The van der Waals surface area contributed by atoms with E-state index in [9.17, 15) is 0 Å².